The van der Waals surface area contributed by atoms with Crippen molar-refractivity contribution in [2.24, 2.45) is 0 Å². The van der Waals surface area contributed by atoms with E-state index in [0.29, 0.717) is 81.8 Å². The molecule has 9 rings (SSSR count). The van der Waals surface area contributed by atoms with Crippen LogP contribution in [0.1, 0.15) is 85.9 Å². The van der Waals surface area contributed by atoms with E-state index < -0.39 is 35.2 Å². The lowest BCUT2D eigenvalue weighted by Crippen LogP contribution is -2.49. The largest absolute Gasteiger partial charge is 0.569 e. The van der Waals surface area contributed by atoms with Gasteiger partial charge in [-0.3, -0.25) is 19.4 Å². The van der Waals surface area contributed by atoms with Crippen LogP contribution in [0.3, 0.4) is 0 Å². The molecule has 0 unspecified atom stereocenters. The zero-order valence-electron chi connectivity index (χ0n) is 58.2. The number of nitrogens with one attached hydrogen (secondary N) is 1. The van der Waals surface area contributed by atoms with Crippen molar-refractivity contribution in [3.05, 3.63) is 208 Å². The van der Waals surface area contributed by atoms with Gasteiger partial charge in [0, 0.05) is 117 Å². The van der Waals surface area contributed by atoms with Crippen molar-refractivity contribution in [1.29, 1.82) is 0 Å². The normalized spacial score (nSPS) is 13.6. The number of sulfonamides is 2. The van der Waals surface area contributed by atoms with Crippen LogP contribution in [-0.4, -0.2) is 171 Å². The van der Waals surface area contributed by atoms with E-state index in [4.69, 9.17) is 4.65 Å². The molecule has 0 bridgehead atoms. The molecule has 1 radical (unpaired) electrons. The first kappa shape index (κ1) is 75.9. The number of rotatable bonds is 29. The Morgan fingerprint density at radius 3 is 1.84 bits per heavy atom. The Morgan fingerprint density at radius 2 is 1.24 bits per heavy atom. The van der Waals surface area contributed by atoms with Crippen molar-refractivity contribution < 1.29 is 50.7 Å². The van der Waals surface area contributed by atoms with E-state index >= 15 is 0 Å². The lowest BCUT2D eigenvalue weighted by molar-refractivity contribution is -0.462. The summed E-state index contributed by atoms with van der Waals surface area (Å²) in [5.41, 5.74) is 13.8. The highest BCUT2D eigenvalue weighted by Crippen LogP contribution is 2.45. The first-order valence-electron chi connectivity index (χ1n) is 32.6. The zero-order valence-corrected chi connectivity index (χ0v) is 60.9. The minimum absolute atomic E-state index is 0. The van der Waals surface area contributed by atoms with Gasteiger partial charge in [0.05, 0.1) is 9.79 Å². The number of anilines is 1. The predicted molar refractivity (Wildman–Crippen MR) is 404 cm³/mol. The lowest BCUT2D eigenvalue weighted by Gasteiger charge is -2.38. The van der Waals surface area contributed by atoms with Crippen LogP contribution in [0.4, 0.5) is 5.69 Å². The van der Waals surface area contributed by atoms with Gasteiger partial charge in [-0.15, -0.1) is 0 Å². The molecule has 515 valence electrons. The summed E-state index contributed by atoms with van der Waals surface area (Å²) >= 11 is 0. The van der Waals surface area contributed by atoms with Gasteiger partial charge in [-0.25, -0.2) is 30.0 Å². The van der Waals surface area contributed by atoms with Crippen molar-refractivity contribution in [3.63, 3.8) is 0 Å². The van der Waals surface area contributed by atoms with E-state index in [2.05, 4.69) is 171 Å². The second-order valence-electron chi connectivity index (χ2n) is 26.8. The highest BCUT2D eigenvalue weighted by Gasteiger charge is 2.41. The van der Waals surface area contributed by atoms with E-state index in [1.165, 1.54) is 79.5 Å². The van der Waals surface area contributed by atoms with Crippen LogP contribution in [-0.2, 0) is 55.8 Å². The Morgan fingerprint density at radius 1 is 0.663 bits per heavy atom. The molecule has 0 spiro atoms. The molecule has 22 heteroatoms. The smallest absolute Gasteiger partial charge is 0.537 e. The van der Waals surface area contributed by atoms with E-state index in [1.54, 1.807) is 26.0 Å². The Bertz CT molecular complexity index is 4630. The molecule has 1 aliphatic carbocycles. The van der Waals surface area contributed by atoms with Crippen LogP contribution in [0.15, 0.2) is 178 Å². The van der Waals surface area contributed by atoms with Crippen molar-refractivity contribution in [1.82, 2.24) is 23.7 Å². The van der Waals surface area contributed by atoms with Gasteiger partial charge in [0.2, 0.25) is 26.0 Å². The monoisotopic (exact) mass is 1380 g/mol. The molecule has 0 saturated heterocycles. The minimum Gasteiger partial charge on any atom is -0.537 e. The maximum absolute atomic E-state index is 13.8. The van der Waals surface area contributed by atoms with E-state index in [1.807, 2.05) is 12.1 Å². The van der Waals surface area contributed by atoms with Gasteiger partial charge in [-0.1, -0.05) is 94.3 Å². The Hall–Kier alpha value is -7.86. The van der Waals surface area contributed by atoms with Crippen LogP contribution in [0.25, 0.3) is 38.2 Å². The summed E-state index contributed by atoms with van der Waals surface area (Å²) in [6, 6.07) is 37.2. The topological polar surface area (TPSA) is 204 Å². The number of nitrogens with zero attached hydrogens (tertiary/aromatic N) is 6. The van der Waals surface area contributed by atoms with Crippen molar-refractivity contribution in [2.75, 3.05) is 80.9 Å². The summed E-state index contributed by atoms with van der Waals surface area (Å²) in [7, 11) is 2.64. The van der Waals surface area contributed by atoms with Crippen LogP contribution in [0.5, 0.6) is 5.75 Å². The number of fused-ring (bicyclic) bond motifs is 4. The first-order chi connectivity index (χ1) is 45.8. The molecule has 1 aliphatic heterocycles. The highest BCUT2D eigenvalue weighted by atomic mass is 32.2. The fraction of sp³-hybridized carbons (Fsp3) is 0.329. The first-order valence-corrected chi connectivity index (χ1v) is 38.5. The molecule has 1 amide bonds. The number of hydrogen-bond acceptors (Lipinski definition) is 13. The van der Waals surface area contributed by atoms with E-state index in [9.17, 15) is 41.5 Å². The van der Waals surface area contributed by atoms with Gasteiger partial charge >= 0.3 is 14.8 Å². The molecule has 4 N–H and O–H groups in total. The van der Waals surface area contributed by atoms with Crippen LogP contribution in [0, 0.1) is 6.92 Å². The molecular formula is C76H95B2N7O10S2Si+. The number of allylic oxidation sites excluding steroid dienone is 6. The number of carbonyl (C=O) groups is 2. The van der Waals surface area contributed by atoms with Crippen LogP contribution < -0.4 is 25.5 Å². The third kappa shape index (κ3) is 16.4. The van der Waals surface area contributed by atoms with E-state index in [0.717, 1.165) is 74.9 Å². The fourth-order valence-electron chi connectivity index (χ4n) is 13.0. The number of unbranched alkanes of at least 4 members (excludes halogenated alkanes) is 1. The van der Waals surface area contributed by atoms with Crippen LogP contribution >= 0.6 is 0 Å². The Labute approximate surface area is 583 Å². The molecule has 1 heterocycles. The maximum atomic E-state index is 13.8. The lowest BCUT2D eigenvalue weighted by atomic mass is 9.77. The standard InChI is InChI=1S/C75H90B2N7O10S2Si.CH4/c1-49(2)70(85)23-18-19-37-83(46-55-40-59(96(92,93)82(12)13)30-35-71(55)94-76-87)48-68-61-22-17-16-21-60(61)67(47-84(38-20-36-78-75(86)50(3)4)45-54-39-58(95(90,91)81(10)11)29-34-69(54)77(88)89)62-31-26-53(42-66(62)68)52-25-24-51(5)65(41-52)74-63-32-27-56(79(6)7)43-72(63)97(14,15)73-44-57(80(8)9)28-33-64(73)74;/h16-17,21-22,24-35,39-44,87-89H,1,3,18-20,23,36-38,45-48H2,2,4-15H3;1H4/p+1. The second kappa shape index (κ2) is 31.6. The van der Waals surface area contributed by atoms with Crippen molar-refractivity contribution >= 4 is 104 Å². The van der Waals surface area contributed by atoms with Crippen molar-refractivity contribution in [2.45, 2.75) is 103 Å². The summed E-state index contributed by atoms with van der Waals surface area (Å²) in [6.45, 7) is 20.1. The minimum atomic E-state index is -3.96. The van der Waals surface area contributed by atoms with Crippen LogP contribution in [0.2, 0.25) is 13.1 Å². The molecule has 0 atom stereocenters. The molecule has 0 fully saturated rings. The third-order valence-corrected chi connectivity index (χ3v) is 25.8. The Balaban J connectivity index is 0.0000122. The summed E-state index contributed by atoms with van der Waals surface area (Å²) in [5, 5.41) is 41.2. The molecule has 17 nitrogen and oxygen atoms in total. The summed E-state index contributed by atoms with van der Waals surface area (Å²) in [5.74, 6) is -0.0522. The summed E-state index contributed by atoms with van der Waals surface area (Å²) < 4.78 is 65.2. The zero-order chi connectivity index (χ0) is 70.6. The van der Waals surface area contributed by atoms with Gasteiger partial charge in [0.25, 0.3) is 0 Å². The highest BCUT2D eigenvalue weighted by molar-refractivity contribution is 7.89. The van der Waals surface area contributed by atoms with Gasteiger partial charge in [-0.05, 0) is 206 Å². The number of hydrogen-bond donors (Lipinski definition) is 4. The molecule has 98 heavy (non-hydrogen) atoms. The van der Waals surface area contributed by atoms with Gasteiger partial charge < -0.3 is 29.9 Å². The molecule has 7 aromatic rings. The predicted octanol–water partition coefficient (Wildman–Crippen LogP) is 9.64. The van der Waals surface area contributed by atoms with Gasteiger partial charge in [-0.2, -0.15) is 0 Å². The summed E-state index contributed by atoms with van der Waals surface area (Å²) in [4.78, 5) is 32.4. The number of aryl methyl sites for hydroxylation is 1. The average molecular weight is 1380 g/mol. The maximum Gasteiger partial charge on any atom is 0.569 e. The number of carbonyl (C=O) groups excluding carboxylic acids is 2. The number of Topliss-reactive ketones (excluding diaryl/α,β-unsaturated/α-hetero) is 1. The average Bonchev–Trinajstić information content (AvgIpc) is 0.728. The molecule has 0 saturated carbocycles. The number of benzene rings is 7. The molecular weight excluding hydrogens is 1280 g/mol. The SMILES string of the molecule is C.C=C(C)C(=O)CCCCN(Cc1cc(S(=O)(=O)N(C)C)ccc1O[B]O)Cc1c2ccccc2c(CN(CCCNC(=O)C(=C)C)Cc2cc(S(=O)(=O)N(C)C)ccc2B(O)O)c2ccc(-c3ccc(C)c(C4=C5C=CC(=[N+](C)C)C=C5[Si](C)(C)c5cc(N(C)C)ccc54)c3)cc12. The molecule has 7 aromatic carbocycles. The van der Waals surface area contributed by atoms with Gasteiger partial charge in [0.15, 0.2) is 11.5 Å². The fourth-order valence-corrected chi connectivity index (χ4v) is 18.0. The Kier molecular flexibility index (Phi) is 24.4. The number of amides is 1. The quantitative estimate of drug-likeness (QED) is 0.0114. The molecule has 2 aliphatic rings. The third-order valence-electron chi connectivity index (χ3n) is 18.7. The second-order valence-corrected chi connectivity index (χ2v) is 35.4. The number of ketones is 1. The molecule has 0 aromatic heterocycles. The summed E-state index contributed by atoms with van der Waals surface area (Å²) in [6.07, 6.45) is 8.80. The van der Waals surface area contributed by atoms with E-state index in [-0.39, 0.29) is 59.8 Å². The van der Waals surface area contributed by atoms with Crippen molar-refractivity contribution in [3.8, 4) is 16.9 Å². The van der Waals surface area contributed by atoms with Gasteiger partial charge in [0.1, 0.15) is 27.9 Å².